The first-order valence-corrected chi connectivity index (χ1v) is 12.0. The molecule has 3 heterocycles. The Bertz CT molecular complexity index is 1330. The van der Waals surface area contributed by atoms with Gasteiger partial charge in [-0.1, -0.05) is 31.5 Å². The Kier molecular flexibility index (Phi) is 7.78. The van der Waals surface area contributed by atoms with Crippen molar-refractivity contribution in [2.45, 2.75) is 20.8 Å². The van der Waals surface area contributed by atoms with Crippen molar-refractivity contribution in [1.29, 1.82) is 0 Å². The van der Waals surface area contributed by atoms with Crippen LogP contribution in [0.1, 0.15) is 19.4 Å². The van der Waals surface area contributed by atoms with Gasteiger partial charge in [-0.3, -0.25) is 4.98 Å². The Balaban J connectivity index is 0.00000141. The zero-order valence-corrected chi connectivity index (χ0v) is 20.7. The van der Waals surface area contributed by atoms with Crippen LogP contribution in [0.15, 0.2) is 54.7 Å². The minimum Gasteiger partial charge on any atom is -0.378 e. The molecule has 35 heavy (non-hydrogen) atoms. The molecule has 8 heteroatoms. The first-order chi connectivity index (χ1) is 17.0. The smallest absolute Gasteiger partial charge is 0.137 e. The van der Waals surface area contributed by atoms with Crippen molar-refractivity contribution >= 4 is 39.6 Å². The monoisotopic (exact) mass is 496 g/mol. The van der Waals surface area contributed by atoms with Crippen LogP contribution in [0, 0.1) is 18.6 Å². The average Bonchev–Trinajstić information content (AvgIpc) is 2.88. The number of fused-ring (bicyclic) bond motifs is 1. The topological polar surface area (TPSA) is 50.3 Å². The SMILES string of the molecule is CC.Cc1c(-c2ccccn2)nc2cc(F)cc(F)c2c1Nc1cc(N2CCOCC2)ccc1Cl. The van der Waals surface area contributed by atoms with Gasteiger partial charge in [-0.2, -0.15) is 0 Å². The molecule has 0 spiro atoms. The van der Waals surface area contributed by atoms with Crippen LogP contribution in [0.5, 0.6) is 0 Å². The summed E-state index contributed by atoms with van der Waals surface area (Å²) in [5.41, 5.74) is 4.10. The van der Waals surface area contributed by atoms with E-state index in [4.69, 9.17) is 16.3 Å². The van der Waals surface area contributed by atoms with Gasteiger partial charge >= 0.3 is 0 Å². The van der Waals surface area contributed by atoms with Crippen molar-refractivity contribution in [3.05, 3.63) is 76.9 Å². The maximum absolute atomic E-state index is 15.0. The molecule has 1 aliphatic rings. The Morgan fingerprint density at radius 1 is 1.03 bits per heavy atom. The van der Waals surface area contributed by atoms with Crippen LogP contribution >= 0.6 is 11.6 Å². The van der Waals surface area contributed by atoms with E-state index in [1.54, 1.807) is 12.3 Å². The largest absolute Gasteiger partial charge is 0.378 e. The van der Waals surface area contributed by atoms with Crippen LogP contribution in [-0.2, 0) is 4.74 Å². The van der Waals surface area contributed by atoms with Gasteiger partial charge in [0.15, 0.2) is 0 Å². The Morgan fingerprint density at radius 2 is 1.80 bits per heavy atom. The highest BCUT2D eigenvalue weighted by Gasteiger charge is 2.20. The van der Waals surface area contributed by atoms with Crippen molar-refractivity contribution < 1.29 is 13.5 Å². The molecule has 5 rings (SSSR count). The number of halogens is 3. The predicted octanol–water partition coefficient (Wildman–Crippen LogP) is 7.14. The third-order valence-corrected chi connectivity index (χ3v) is 6.07. The van der Waals surface area contributed by atoms with E-state index < -0.39 is 11.6 Å². The van der Waals surface area contributed by atoms with Crippen molar-refractivity contribution in [1.82, 2.24) is 9.97 Å². The number of anilines is 3. The maximum atomic E-state index is 15.0. The van der Waals surface area contributed by atoms with Gasteiger partial charge in [0.05, 0.1) is 51.9 Å². The summed E-state index contributed by atoms with van der Waals surface area (Å²) in [7, 11) is 0. The highest BCUT2D eigenvalue weighted by molar-refractivity contribution is 6.33. The van der Waals surface area contributed by atoms with Crippen molar-refractivity contribution in [2.24, 2.45) is 0 Å². The normalized spacial score (nSPS) is 13.4. The predicted molar refractivity (Wildman–Crippen MR) is 139 cm³/mol. The summed E-state index contributed by atoms with van der Waals surface area (Å²) in [6.45, 7) is 8.70. The molecule has 1 saturated heterocycles. The van der Waals surface area contributed by atoms with E-state index in [-0.39, 0.29) is 10.9 Å². The van der Waals surface area contributed by atoms with Crippen LogP contribution < -0.4 is 10.2 Å². The molecular weight excluding hydrogens is 470 g/mol. The van der Waals surface area contributed by atoms with Crippen LogP contribution in [0.25, 0.3) is 22.3 Å². The van der Waals surface area contributed by atoms with E-state index >= 15 is 4.39 Å². The van der Waals surface area contributed by atoms with Gasteiger partial charge in [0.1, 0.15) is 11.6 Å². The number of morpholine rings is 1. The van der Waals surface area contributed by atoms with Crippen LogP contribution in [0.3, 0.4) is 0 Å². The lowest BCUT2D eigenvalue weighted by molar-refractivity contribution is 0.122. The lowest BCUT2D eigenvalue weighted by Gasteiger charge is -2.29. The van der Waals surface area contributed by atoms with E-state index in [0.717, 1.165) is 24.8 Å². The number of nitrogens with one attached hydrogen (secondary N) is 1. The molecule has 0 aliphatic carbocycles. The van der Waals surface area contributed by atoms with Crippen molar-refractivity contribution in [3.63, 3.8) is 0 Å². The molecule has 0 saturated carbocycles. The molecule has 0 bridgehead atoms. The summed E-state index contributed by atoms with van der Waals surface area (Å²) in [6.07, 6.45) is 1.66. The molecule has 1 fully saturated rings. The van der Waals surface area contributed by atoms with Crippen molar-refractivity contribution in [2.75, 3.05) is 36.5 Å². The molecule has 0 amide bonds. The molecule has 0 radical (unpaired) electrons. The summed E-state index contributed by atoms with van der Waals surface area (Å²) in [5.74, 6) is -1.39. The second kappa shape index (κ2) is 11.0. The summed E-state index contributed by atoms with van der Waals surface area (Å²) in [5, 5.41) is 3.99. The van der Waals surface area contributed by atoms with E-state index in [1.165, 1.54) is 6.07 Å². The number of hydrogen-bond acceptors (Lipinski definition) is 5. The quantitative estimate of drug-likeness (QED) is 0.325. The number of benzene rings is 2. The van der Waals surface area contributed by atoms with Crippen LogP contribution in [0.4, 0.5) is 25.8 Å². The number of aromatic nitrogens is 2. The molecular formula is C27H27ClF2N4O. The van der Waals surface area contributed by atoms with E-state index in [9.17, 15) is 4.39 Å². The van der Waals surface area contributed by atoms with Gasteiger partial charge in [0, 0.05) is 42.7 Å². The summed E-state index contributed by atoms with van der Waals surface area (Å²) < 4.78 is 34.5. The van der Waals surface area contributed by atoms with Crippen molar-refractivity contribution in [3.8, 4) is 11.4 Å². The molecule has 0 unspecified atom stereocenters. The molecule has 0 atom stereocenters. The molecule has 4 aromatic rings. The summed E-state index contributed by atoms with van der Waals surface area (Å²) in [6, 6.07) is 13.2. The van der Waals surface area contributed by atoms with E-state index in [0.29, 0.717) is 46.6 Å². The fourth-order valence-corrected chi connectivity index (χ4v) is 4.24. The van der Waals surface area contributed by atoms with Gasteiger partial charge in [-0.25, -0.2) is 13.8 Å². The number of nitrogens with zero attached hydrogens (tertiary/aromatic N) is 3. The fourth-order valence-electron chi connectivity index (χ4n) is 4.08. The maximum Gasteiger partial charge on any atom is 0.137 e. The molecule has 2 aromatic carbocycles. The Morgan fingerprint density at radius 3 is 2.51 bits per heavy atom. The second-order valence-electron chi connectivity index (χ2n) is 7.85. The number of rotatable bonds is 4. The van der Waals surface area contributed by atoms with E-state index in [1.807, 2.05) is 51.1 Å². The zero-order valence-electron chi connectivity index (χ0n) is 19.9. The number of pyridine rings is 2. The van der Waals surface area contributed by atoms with Crippen LogP contribution in [0.2, 0.25) is 5.02 Å². The summed E-state index contributed by atoms with van der Waals surface area (Å²) in [4.78, 5) is 11.1. The molecule has 2 aromatic heterocycles. The fraction of sp³-hybridized carbons (Fsp3) is 0.259. The van der Waals surface area contributed by atoms with Gasteiger partial charge in [0.2, 0.25) is 0 Å². The first-order valence-electron chi connectivity index (χ1n) is 11.6. The third kappa shape index (κ3) is 5.21. The zero-order chi connectivity index (χ0) is 24.9. The third-order valence-electron chi connectivity index (χ3n) is 5.74. The second-order valence-corrected chi connectivity index (χ2v) is 8.25. The van der Waals surface area contributed by atoms with Gasteiger partial charge in [-0.15, -0.1) is 0 Å². The van der Waals surface area contributed by atoms with Gasteiger partial charge in [-0.05, 0) is 37.3 Å². The average molecular weight is 497 g/mol. The Hall–Kier alpha value is -3.29. The van der Waals surface area contributed by atoms with Crippen LogP contribution in [-0.4, -0.2) is 36.3 Å². The molecule has 1 N–H and O–H groups in total. The Labute approximate surface area is 208 Å². The minimum absolute atomic E-state index is 0.196. The lowest BCUT2D eigenvalue weighted by Crippen LogP contribution is -2.36. The molecule has 1 aliphatic heterocycles. The van der Waals surface area contributed by atoms with E-state index in [2.05, 4.69) is 20.2 Å². The molecule has 5 nitrogen and oxygen atoms in total. The lowest BCUT2D eigenvalue weighted by atomic mass is 10.0. The first kappa shape index (κ1) is 24.8. The highest BCUT2D eigenvalue weighted by atomic mass is 35.5. The van der Waals surface area contributed by atoms with Gasteiger partial charge in [0.25, 0.3) is 0 Å². The van der Waals surface area contributed by atoms with Gasteiger partial charge < -0.3 is 15.0 Å². The summed E-state index contributed by atoms with van der Waals surface area (Å²) >= 11 is 6.52. The number of hydrogen-bond donors (Lipinski definition) is 1. The molecule has 182 valence electrons. The number of ether oxygens (including phenoxy) is 1. The standard InChI is InChI=1S/C25H21ClF2N4O.C2H6/c1-15-24(20-4-2-3-7-29-20)31-22-13-16(27)12-19(28)23(22)25(15)30-21-14-17(5-6-18(21)26)32-8-10-33-11-9-32;1-2/h2-7,12-14H,8-11H2,1H3,(H,30,31);1-2H3. The highest BCUT2D eigenvalue weighted by Crippen LogP contribution is 2.38. The minimum atomic E-state index is -0.698.